The first-order valence-electron chi connectivity index (χ1n) is 9.44. The van der Waals surface area contributed by atoms with Gasteiger partial charge < -0.3 is 21.1 Å². The van der Waals surface area contributed by atoms with Crippen LogP contribution in [0.2, 0.25) is 5.02 Å². The van der Waals surface area contributed by atoms with Gasteiger partial charge >= 0.3 is 5.97 Å². The summed E-state index contributed by atoms with van der Waals surface area (Å²) in [6, 6.07) is 10.4. The minimum absolute atomic E-state index is 0.0751. The zero-order valence-electron chi connectivity index (χ0n) is 18.0. The molecule has 0 unspecified atom stereocenters. The lowest BCUT2D eigenvalue weighted by Gasteiger charge is -2.05. The van der Waals surface area contributed by atoms with Gasteiger partial charge in [-0.2, -0.15) is 0 Å². The van der Waals surface area contributed by atoms with Gasteiger partial charge in [-0.1, -0.05) is 37.6 Å². The molecule has 9 heteroatoms. The van der Waals surface area contributed by atoms with Crippen molar-refractivity contribution in [3.05, 3.63) is 57.2 Å². The third kappa shape index (κ3) is 7.82. The van der Waals surface area contributed by atoms with E-state index in [0.29, 0.717) is 26.2 Å². The van der Waals surface area contributed by atoms with E-state index in [1.54, 1.807) is 62.7 Å². The zero-order valence-corrected chi connectivity index (χ0v) is 20.4. The quantitative estimate of drug-likeness (QED) is 0.290. The second-order valence-corrected chi connectivity index (χ2v) is 8.43. The Morgan fingerprint density at radius 2 is 1.65 bits per heavy atom. The SMILES string of the molecule is CC.CC(C)=N.CNc1ccc(C(=O)Nc2scc(-c3ccc(Cl)cc3)c2C(=O)O)s1. The van der Waals surface area contributed by atoms with Gasteiger partial charge in [0.15, 0.2) is 0 Å². The van der Waals surface area contributed by atoms with Crippen LogP contribution in [0.3, 0.4) is 0 Å². The van der Waals surface area contributed by atoms with Gasteiger partial charge in [-0.25, -0.2) is 4.79 Å². The molecule has 4 N–H and O–H groups in total. The monoisotopic (exact) mass is 479 g/mol. The van der Waals surface area contributed by atoms with Crippen molar-refractivity contribution in [3.63, 3.8) is 0 Å². The van der Waals surface area contributed by atoms with Crippen molar-refractivity contribution in [1.29, 1.82) is 5.41 Å². The molecule has 0 fully saturated rings. The summed E-state index contributed by atoms with van der Waals surface area (Å²) in [6.07, 6.45) is 0. The molecule has 1 aromatic carbocycles. The van der Waals surface area contributed by atoms with Crippen molar-refractivity contribution < 1.29 is 14.7 Å². The first-order valence-corrected chi connectivity index (χ1v) is 11.5. The molecule has 2 heterocycles. The summed E-state index contributed by atoms with van der Waals surface area (Å²) >= 11 is 8.36. The Hall–Kier alpha value is -2.68. The second kappa shape index (κ2) is 12.9. The molecular weight excluding hydrogens is 454 g/mol. The van der Waals surface area contributed by atoms with Gasteiger partial charge in [-0.15, -0.1) is 22.7 Å². The number of hydrogen-bond donors (Lipinski definition) is 4. The molecule has 0 bridgehead atoms. The van der Waals surface area contributed by atoms with E-state index >= 15 is 0 Å². The van der Waals surface area contributed by atoms with Crippen LogP contribution < -0.4 is 10.6 Å². The Morgan fingerprint density at radius 1 is 1.06 bits per heavy atom. The van der Waals surface area contributed by atoms with Gasteiger partial charge in [0.2, 0.25) is 0 Å². The molecule has 0 saturated heterocycles. The van der Waals surface area contributed by atoms with Crippen LogP contribution in [0, 0.1) is 5.41 Å². The summed E-state index contributed by atoms with van der Waals surface area (Å²) in [6.45, 7) is 7.50. The van der Waals surface area contributed by atoms with E-state index in [0.717, 1.165) is 10.6 Å². The fraction of sp³-hybridized carbons (Fsp3) is 0.227. The Kier molecular flexibility index (Phi) is 11.0. The molecule has 0 aliphatic carbocycles. The molecule has 3 rings (SSSR count). The van der Waals surface area contributed by atoms with Crippen LogP contribution in [0.5, 0.6) is 0 Å². The predicted molar refractivity (Wildman–Crippen MR) is 134 cm³/mol. The van der Waals surface area contributed by atoms with Crippen molar-refractivity contribution in [3.8, 4) is 11.1 Å². The average molecular weight is 480 g/mol. The topological polar surface area (TPSA) is 102 Å². The third-order valence-electron chi connectivity index (χ3n) is 3.46. The van der Waals surface area contributed by atoms with E-state index < -0.39 is 5.97 Å². The predicted octanol–water partition coefficient (Wildman–Crippen LogP) is 7.19. The Balaban J connectivity index is 0.000000720. The van der Waals surface area contributed by atoms with Gasteiger partial charge in [0.25, 0.3) is 5.91 Å². The molecule has 2 aromatic heterocycles. The summed E-state index contributed by atoms with van der Waals surface area (Å²) in [5.41, 5.74) is 2.02. The molecule has 31 heavy (non-hydrogen) atoms. The number of aromatic carboxylic acids is 1. The van der Waals surface area contributed by atoms with Gasteiger partial charge in [-0.3, -0.25) is 4.79 Å². The zero-order chi connectivity index (χ0) is 23.6. The Labute approximate surface area is 195 Å². The number of carboxylic acid groups (broad SMARTS) is 1. The van der Waals surface area contributed by atoms with E-state index in [1.807, 2.05) is 13.8 Å². The van der Waals surface area contributed by atoms with Gasteiger partial charge in [0.05, 0.1) is 9.88 Å². The molecule has 6 nitrogen and oxygen atoms in total. The highest BCUT2D eigenvalue weighted by molar-refractivity contribution is 7.18. The number of halogens is 1. The number of hydrogen-bond acceptors (Lipinski definition) is 6. The van der Waals surface area contributed by atoms with Crippen molar-refractivity contribution in [2.75, 3.05) is 17.7 Å². The number of carbonyl (C=O) groups is 2. The highest BCUT2D eigenvalue weighted by atomic mass is 35.5. The molecule has 0 saturated carbocycles. The Morgan fingerprint density at radius 3 is 2.13 bits per heavy atom. The van der Waals surface area contributed by atoms with E-state index in [1.165, 1.54) is 22.7 Å². The van der Waals surface area contributed by atoms with Crippen LogP contribution in [0.25, 0.3) is 11.1 Å². The van der Waals surface area contributed by atoms with Crippen molar-refractivity contribution in [1.82, 2.24) is 0 Å². The molecule has 0 spiro atoms. The maximum atomic E-state index is 12.4. The van der Waals surface area contributed by atoms with Crippen LogP contribution in [0.4, 0.5) is 10.0 Å². The van der Waals surface area contributed by atoms with E-state index in [-0.39, 0.29) is 11.5 Å². The molecular formula is C22H26ClN3O3S2. The first kappa shape index (κ1) is 26.4. The van der Waals surface area contributed by atoms with Crippen molar-refractivity contribution in [2.45, 2.75) is 27.7 Å². The summed E-state index contributed by atoms with van der Waals surface area (Å²) in [5, 5.41) is 25.2. The summed E-state index contributed by atoms with van der Waals surface area (Å²) in [5.74, 6) is -1.43. The van der Waals surface area contributed by atoms with Crippen LogP contribution in [-0.2, 0) is 0 Å². The standard InChI is InChI=1S/C17H13ClN2O3S2.C3H7N.C2H6/c1-19-13-7-6-12(25-13)15(21)20-16-14(17(22)23)11(8-24-16)9-2-4-10(18)5-3-9;1-3(2)4;1-2/h2-8,19H,1H3,(H,20,21)(H,22,23);4H,1-2H3;1-2H3. The lowest BCUT2D eigenvalue weighted by atomic mass is 10.0. The van der Waals surface area contributed by atoms with Gasteiger partial charge in [0.1, 0.15) is 10.6 Å². The van der Waals surface area contributed by atoms with Gasteiger partial charge in [-0.05, 0) is 43.7 Å². The normalized spacial score (nSPS) is 9.48. The number of thiophene rings is 2. The third-order valence-corrected chi connectivity index (χ3v) is 5.71. The minimum atomic E-state index is -1.09. The molecule has 0 atom stereocenters. The summed E-state index contributed by atoms with van der Waals surface area (Å²) < 4.78 is 0. The highest BCUT2D eigenvalue weighted by Gasteiger charge is 2.22. The van der Waals surface area contributed by atoms with Crippen LogP contribution in [0.15, 0.2) is 41.8 Å². The van der Waals surface area contributed by atoms with Crippen LogP contribution in [0.1, 0.15) is 47.7 Å². The molecule has 0 aliphatic heterocycles. The first-order chi connectivity index (χ1) is 14.7. The van der Waals surface area contributed by atoms with E-state index in [4.69, 9.17) is 17.0 Å². The summed E-state index contributed by atoms with van der Waals surface area (Å²) in [4.78, 5) is 24.6. The maximum absolute atomic E-state index is 12.4. The number of amides is 1. The van der Waals surface area contributed by atoms with Gasteiger partial charge in [0, 0.05) is 28.7 Å². The lowest BCUT2D eigenvalue weighted by Crippen LogP contribution is -2.12. The molecule has 1 amide bonds. The van der Waals surface area contributed by atoms with Crippen molar-refractivity contribution >= 4 is 61.9 Å². The maximum Gasteiger partial charge on any atom is 0.339 e. The number of nitrogens with one attached hydrogen (secondary N) is 3. The average Bonchev–Trinajstić information content (AvgIpc) is 3.37. The van der Waals surface area contributed by atoms with Crippen molar-refractivity contribution in [2.24, 2.45) is 0 Å². The number of anilines is 2. The van der Waals surface area contributed by atoms with E-state index in [9.17, 15) is 14.7 Å². The number of carboxylic acids is 1. The molecule has 166 valence electrons. The molecule has 0 radical (unpaired) electrons. The smallest absolute Gasteiger partial charge is 0.339 e. The molecule has 0 aliphatic rings. The lowest BCUT2D eigenvalue weighted by molar-refractivity contribution is 0.0699. The van der Waals surface area contributed by atoms with Crippen LogP contribution in [-0.4, -0.2) is 29.7 Å². The second-order valence-electron chi connectivity index (χ2n) is 6.03. The number of carbonyl (C=O) groups excluding carboxylic acids is 1. The minimum Gasteiger partial charge on any atom is -0.478 e. The summed E-state index contributed by atoms with van der Waals surface area (Å²) in [7, 11) is 1.77. The highest BCUT2D eigenvalue weighted by Crippen LogP contribution is 2.36. The number of benzene rings is 1. The largest absolute Gasteiger partial charge is 0.478 e. The fourth-order valence-corrected chi connectivity index (χ4v) is 4.10. The van der Waals surface area contributed by atoms with Crippen LogP contribution >= 0.6 is 34.3 Å². The Bertz CT molecular complexity index is 1020. The van der Waals surface area contributed by atoms with E-state index in [2.05, 4.69) is 10.6 Å². The molecule has 3 aromatic rings. The fourth-order valence-electron chi connectivity index (χ4n) is 2.26. The number of rotatable bonds is 5.